The van der Waals surface area contributed by atoms with Crippen molar-refractivity contribution in [3.63, 3.8) is 0 Å². The average molecular weight is 302 g/mol. The molecule has 19 heavy (non-hydrogen) atoms. The van der Waals surface area contributed by atoms with E-state index in [0.717, 1.165) is 18.7 Å². The molecule has 1 aliphatic heterocycles. The third-order valence-electron chi connectivity index (χ3n) is 3.86. The Morgan fingerprint density at radius 1 is 1.37 bits per heavy atom. The van der Waals surface area contributed by atoms with Gasteiger partial charge >= 0.3 is 5.97 Å². The number of hydrogen-bond acceptors (Lipinski definition) is 2. The number of hydrogen-bond donors (Lipinski definition) is 1. The van der Waals surface area contributed by atoms with Crippen LogP contribution in [-0.2, 0) is 4.79 Å². The first-order valence-corrected chi connectivity index (χ1v) is 7.17. The number of likely N-dealkylation sites (tertiary alicyclic amines) is 1. The van der Waals surface area contributed by atoms with E-state index in [1.165, 1.54) is 0 Å². The molecule has 5 heteroatoms. The molecule has 1 unspecified atom stereocenters. The summed E-state index contributed by atoms with van der Waals surface area (Å²) in [6, 6.07) is 5.80. The quantitative estimate of drug-likeness (QED) is 0.922. The maximum Gasteiger partial charge on any atom is 0.306 e. The predicted octanol–water partition coefficient (Wildman–Crippen LogP) is 3.85. The first kappa shape index (κ1) is 14.6. The van der Waals surface area contributed by atoms with E-state index in [9.17, 15) is 4.79 Å². The fraction of sp³-hybridized carbons (Fsp3) is 0.500. The van der Waals surface area contributed by atoms with Gasteiger partial charge in [-0.2, -0.15) is 0 Å². The van der Waals surface area contributed by atoms with Gasteiger partial charge in [0.15, 0.2) is 0 Å². The molecule has 0 aliphatic carbocycles. The van der Waals surface area contributed by atoms with Gasteiger partial charge in [-0.15, -0.1) is 0 Å². The molecular formula is C14H17Cl2NO2. The van der Waals surface area contributed by atoms with E-state index in [4.69, 9.17) is 28.3 Å². The second kappa shape index (κ2) is 6.12. The van der Waals surface area contributed by atoms with Crippen molar-refractivity contribution in [2.45, 2.75) is 25.8 Å². The number of carboxylic acids is 1. The van der Waals surface area contributed by atoms with Crippen LogP contribution in [-0.4, -0.2) is 29.1 Å². The molecule has 3 nitrogen and oxygen atoms in total. The van der Waals surface area contributed by atoms with Crippen LogP contribution in [0.3, 0.4) is 0 Å². The van der Waals surface area contributed by atoms with Crippen molar-refractivity contribution in [2.24, 2.45) is 5.92 Å². The number of nitrogens with zero attached hydrogens (tertiary/aromatic N) is 1. The lowest BCUT2D eigenvalue weighted by molar-refractivity contribution is -0.143. The van der Waals surface area contributed by atoms with Crippen molar-refractivity contribution in [3.05, 3.63) is 33.8 Å². The molecule has 0 saturated carbocycles. The number of carbonyl (C=O) groups is 1. The lowest BCUT2D eigenvalue weighted by Crippen LogP contribution is -2.37. The van der Waals surface area contributed by atoms with Crippen LogP contribution >= 0.6 is 23.2 Å². The molecule has 1 saturated heterocycles. The lowest BCUT2D eigenvalue weighted by Gasteiger charge is -2.35. The van der Waals surface area contributed by atoms with E-state index in [0.29, 0.717) is 22.9 Å². The Kier molecular flexibility index (Phi) is 4.71. The molecule has 1 N–H and O–H groups in total. The summed E-state index contributed by atoms with van der Waals surface area (Å²) in [4.78, 5) is 13.2. The van der Waals surface area contributed by atoms with Gasteiger partial charge in [0.25, 0.3) is 0 Å². The first-order chi connectivity index (χ1) is 9.00. The Morgan fingerprint density at radius 3 is 2.58 bits per heavy atom. The van der Waals surface area contributed by atoms with Gasteiger partial charge in [0.1, 0.15) is 0 Å². The first-order valence-electron chi connectivity index (χ1n) is 6.41. The molecule has 104 valence electrons. The van der Waals surface area contributed by atoms with E-state index < -0.39 is 5.97 Å². The minimum Gasteiger partial charge on any atom is -0.481 e. The van der Waals surface area contributed by atoms with Gasteiger partial charge in [-0.3, -0.25) is 9.69 Å². The molecule has 1 aromatic carbocycles. The van der Waals surface area contributed by atoms with Gasteiger partial charge < -0.3 is 5.11 Å². The van der Waals surface area contributed by atoms with Crippen LogP contribution in [0.15, 0.2) is 18.2 Å². The second-order valence-corrected chi connectivity index (χ2v) is 5.75. The number of carboxylic acid groups (broad SMARTS) is 1. The molecule has 0 bridgehead atoms. The Balaban J connectivity index is 2.07. The lowest BCUT2D eigenvalue weighted by atomic mass is 9.95. The Hall–Kier alpha value is -0.770. The van der Waals surface area contributed by atoms with Gasteiger partial charge in [-0.05, 0) is 44.5 Å². The van der Waals surface area contributed by atoms with Crippen molar-refractivity contribution < 1.29 is 9.90 Å². The summed E-state index contributed by atoms with van der Waals surface area (Å²) in [5, 5.41) is 10.2. The van der Waals surface area contributed by atoms with Crippen LogP contribution in [0.1, 0.15) is 31.4 Å². The highest BCUT2D eigenvalue weighted by atomic mass is 35.5. The molecule has 1 heterocycles. The number of benzene rings is 1. The molecule has 0 radical (unpaired) electrons. The third-order valence-corrected chi connectivity index (χ3v) is 4.69. The Morgan fingerprint density at radius 2 is 2.00 bits per heavy atom. The van der Waals surface area contributed by atoms with Crippen molar-refractivity contribution >= 4 is 29.2 Å². The van der Waals surface area contributed by atoms with Crippen molar-refractivity contribution in [1.29, 1.82) is 0 Å². The van der Waals surface area contributed by atoms with E-state index in [2.05, 4.69) is 11.8 Å². The van der Waals surface area contributed by atoms with Crippen LogP contribution in [0.2, 0.25) is 10.0 Å². The third kappa shape index (κ3) is 3.22. The number of rotatable bonds is 3. The SMILES string of the molecule is CC(c1cccc(Cl)c1Cl)N1CCC(C(=O)O)CC1. The van der Waals surface area contributed by atoms with Gasteiger partial charge in [-0.25, -0.2) is 0 Å². The van der Waals surface area contributed by atoms with Crippen molar-refractivity contribution in [3.8, 4) is 0 Å². The summed E-state index contributed by atoms with van der Waals surface area (Å²) >= 11 is 12.3. The molecule has 2 rings (SSSR count). The summed E-state index contributed by atoms with van der Waals surface area (Å²) in [7, 11) is 0. The summed E-state index contributed by atoms with van der Waals surface area (Å²) in [6.07, 6.45) is 1.38. The van der Waals surface area contributed by atoms with E-state index in [-0.39, 0.29) is 12.0 Å². The van der Waals surface area contributed by atoms with Gasteiger partial charge in [-0.1, -0.05) is 35.3 Å². The molecule has 1 fully saturated rings. The highest BCUT2D eigenvalue weighted by molar-refractivity contribution is 6.42. The zero-order chi connectivity index (χ0) is 14.0. The predicted molar refractivity (Wildman–Crippen MR) is 76.8 cm³/mol. The molecule has 0 spiro atoms. The maximum absolute atomic E-state index is 10.9. The molecule has 1 aliphatic rings. The summed E-state index contributed by atoms with van der Waals surface area (Å²) < 4.78 is 0. The zero-order valence-electron chi connectivity index (χ0n) is 10.8. The largest absolute Gasteiger partial charge is 0.481 e. The van der Waals surface area contributed by atoms with Crippen LogP contribution in [0.25, 0.3) is 0 Å². The number of halogens is 2. The highest BCUT2D eigenvalue weighted by Gasteiger charge is 2.28. The van der Waals surface area contributed by atoms with Crippen LogP contribution in [0.4, 0.5) is 0 Å². The standard InChI is InChI=1S/C14H17Cl2NO2/c1-9(11-3-2-4-12(15)13(11)16)17-7-5-10(6-8-17)14(18)19/h2-4,9-10H,5-8H2,1H3,(H,18,19). The monoisotopic (exact) mass is 301 g/mol. The number of aliphatic carboxylic acids is 1. The molecule has 1 aromatic rings. The molecular weight excluding hydrogens is 285 g/mol. The van der Waals surface area contributed by atoms with Crippen molar-refractivity contribution in [1.82, 2.24) is 4.90 Å². The Labute approximate surface area is 123 Å². The zero-order valence-corrected chi connectivity index (χ0v) is 12.3. The summed E-state index contributed by atoms with van der Waals surface area (Å²) in [5.41, 5.74) is 1.00. The smallest absolute Gasteiger partial charge is 0.306 e. The number of piperidine rings is 1. The molecule has 0 aromatic heterocycles. The van der Waals surface area contributed by atoms with Crippen LogP contribution in [0, 0.1) is 5.92 Å². The normalized spacial score (nSPS) is 19.3. The molecule has 0 amide bonds. The van der Waals surface area contributed by atoms with Gasteiger partial charge in [0, 0.05) is 6.04 Å². The second-order valence-electron chi connectivity index (χ2n) is 4.97. The minimum absolute atomic E-state index is 0.154. The van der Waals surface area contributed by atoms with E-state index in [1.807, 2.05) is 12.1 Å². The molecule has 1 atom stereocenters. The fourth-order valence-electron chi connectivity index (χ4n) is 2.57. The van der Waals surface area contributed by atoms with Crippen LogP contribution in [0.5, 0.6) is 0 Å². The van der Waals surface area contributed by atoms with Crippen molar-refractivity contribution in [2.75, 3.05) is 13.1 Å². The Bertz CT molecular complexity index is 471. The fourth-order valence-corrected chi connectivity index (χ4v) is 3.04. The van der Waals surface area contributed by atoms with Crippen LogP contribution < -0.4 is 0 Å². The highest BCUT2D eigenvalue weighted by Crippen LogP contribution is 2.34. The van der Waals surface area contributed by atoms with E-state index >= 15 is 0 Å². The summed E-state index contributed by atoms with van der Waals surface area (Å²) in [5.74, 6) is -0.897. The van der Waals surface area contributed by atoms with Gasteiger partial charge in [0.2, 0.25) is 0 Å². The average Bonchev–Trinajstić information content (AvgIpc) is 2.41. The topological polar surface area (TPSA) is 40.5 Å². The van der Waals surface area contributed by atoms with E-state index in [1.54, 1.807) is 6.07 Å². The minimum atomic E-state index is -0.687. The maximum atomic E-state index is 10.9. The van der Waals surface area contributed by atoms with Gasteiger partial charge in [0.05, 0.1) is 16.0 Å². The summed E-state index contributed by atoms with van der Waals surface area (Å²) in [6.45, 7) is 3.64.